The van der Waals surface area contributed by atoms with Crippen LogP contribution in [0.3, 0.4) is 0 Å². The van der Waals surface area contributed by atoms with Gasteiger partial charge in [-0.05, 0) is 51.4 Å². The largest absolute Gasteiger partial charge is 0.324 e. The molecule has 1 aromatic heterocycles. The number of aryl methyl sites for hydroxylation is 2. The van der Waals surface area contributed by atoms with Crippen LogP contribution in [0.25, 0.3) is 0 Å². The highest BCUT2D eigenvalue weighted by Gasteiger charge is 2.41. The van der Waals surface area contributed by atoms with Crippen molar-refractivity contribution in [2.75, 3.05) is 5.32 Å². The average molecular weight is 303 g/mol. The summed E-state index contributed by atoms with van der Waals surface area (Å²) in [5.74, 6) is 0. The number of anilines is 1. The molecule has 2 bridgehead atoms. The fourth-order valence-electron chi connectivity index (χ4n) is 4.00. The van der Waals surface area contributed by atoms with Crippen LogP contribution < -0.4 is 5.32 Å². The molecule has 0 radical (unpaired) electrons. The molecule has 2 aliphatic heterocycles. The number of urea groups is 1. The second-order valence-electron chi connectivity index (χ2n) is 6.48. The molecular weight excluding hydrogens is 282 g/mol. The van der Waals surface area contributed by atoms with E-state index < -0.39 is 0 Å². The van der Waals surface area contributed by atoms with Crippen molar-refractivity contribution in [2.45, 2.75) is 63.5 Å². The highest BCUT2D eigenvalue weighted by atomic mass is 32.1. The third-order valence-corrected chi connectivity index (χ3v) is 6.04. The summed E-state index contributed by atoms with van der Waals surface area (Å²) in [5.41, 5.74) is 2.51. The number of amides is 2. The van der Waals surface area contributed by atoms with Gasteiger partial charge < -0.3 is 4.90 Å². The average Bonchev–Trinajstić information content (AvgIpc) is 2.97. The molecule has 3 heterocycles. The number of thiazole rings is 1. The molecule has 1 aliphatic carbocycles. The van der Waals surface area contributed by atoms with Gasteiger partial charge in [0.05, 0.1) is 5.69 Å². The van der Waals surface area contributed by atoms with Crippen molar-refractivity contribution >= 4 is 22.5 Å². The van der Waals surface area contributed by atoms with E-state index in [1.165, 1.54) is 29.0 Å². The molecule has 4 nitrogen and oxygen atoms in total. The molecule has 1 aromatic rings. The predicted molar refractivity (Wildman–Crippen MR) is 84.8 cm³/mol. The summed E-state index contributed by atoms with van der Waals surface area (Å²) < 4.78 is 0. The number of hydrogen-bond acceptors (Lipinski definition) is 3. The third kappa shape index (κ3) is 2.37. The normalized spacial score (nSPS) is 27.6. The Labute approximate surface area is 129 Å². The Kier molecular flexibility index (Phi) is 3.25. The van der Waals surface area contributed by atoms with Crippen molar-refractivity contribution in [3.8, 4) is 0 Å². The number of piperidine rings is 1. The minimum absolute atomic E-state index is 0.0427. The van der Waals surface area contributed by atoms with Crippen molar-refractivity contribution in [3.63, 3.8) is 0 Å². The van der Waals surface area contributed by atoms with Crippen LogP contribution in [0.2, 0.25) is 0 Å². The van der Waals surface area contributed by atoms with Crippen LogP contribution in [-0.4, -0.2) is 28.0 Å². The maximum absolute atomic E-state index is 12.6. The maximum Gasteiger partial charge on any atom is 0.324 e. The van der Waals surface area contributed by atoms with E-state index in [0.29, 0.717) is 12.1 Å². The van der Waals surface area contributed by atoms with Gasteiger partial charge in [-0.1, -0.05) is 12.2 Å². The van der Waals surface area contributed by atoms with Crippen molar-refractivity contribution in [1.29, 1.82) is 0 Å². The minimum atomic E-state index is 0.0427. The van der Waals surface area contributed by atoms with Gasteiger partial charge in [-0.2, -0.15) is 0 Å². The molecule has 21 heavy (non-hydrogen) atoms. The Hall–Kier alpha value is -1.36. The predicted octanol–water partition coefficient (Wildman–Crippen LogP) is 3.74. The second-order valence-corrected chi connectivity index (χ2v) is 7.56. The van der Waals surface area contributed by atoms with Crippen LogP contribution in [0.1, 0.15) is 49.1 Å². The van der Waals surface area contributed by atoms with Crippen molar-refractivity contribution in [1.82, 2.24) is 9.88 Å². The van der Waals surface area contributed by atoms with Crippen molar-refractivity contribution in [3.05, 3.63) is 22.7 Å². The monoisotopic (exact) mass is 303 g/mol. The third-order valence-electron chi connectivity index (χ3n) is 4.96. The van der Waals surface area contributed by atoms with E-state index in [0.717, 1.165) is 43.7 Å². The van der Waals surface area contributed by atoms with Crippen LogP contribution in [0.4, 0.5) is 9.93 Å². The van der Waals surface area contributed by atoms with E-state index in [1.807, 2.05) is 0 Å². The minimum Gasteiger partial charge on any atom is -0.318 e. The lowest BCUT2D eigenvalue weighted by Gasteiger charge is -2.35. The van der Waals surface area contributed by atoms with Gasteiger partial charge in [0.2, 0.25) is 0 Å². The molecular formula is C16H21N3OS. The van der Waals surface area contributed by atoms with Crippen LogP contribution in [0.15, 0.2) is 12.2 Å². The van der Waals surface area contributed by atoms with Crippen molar-refractivity contribution < 1.29 is 4.79 Å². The van der Waals surface area contributed by atoms with E-state index in [4.69, 9.17) is 0 Å². The van der Waals surface area contributed by atoms with Crippen LogP contribution >= 0.6 is 11.3 Å². The standard InChI is InChI=1S/C16H21N3OS/c1-10-8-11-6-7-12(9-10)19(11)16(20)18-15-17-13-4-2-3-5-14(13)21-15/h11-12H,1-9H2,(H,17,18,20). The lowest BCUT2D eigenvalue weighted by molar-refractivity contribution is 0.174. The van der Waals surface area contributed by atoms with E-state index in [-0.39, 0.29) is 6.03 Å². The fraction of sp³-hybridized carbons (Fsp3) is 0.625. The molecule has 4 rings (SSSR count). The molecule has 3 aliphatic rings. The van der Waals surface area contributed by atoms with E-state index in [9.17, 15) is 4.79 Å². The van der Waals surface area contributed by atoms with Crippen LogP contribution in [-0.2, 0) is 12.8 Å². The van der Waals surface area contributed by atoms with Gasteiger partial charge in [-0.25, -0.2) is 9.78 Å². The smallest absolute Gasteiger partial charge is 0.318 e. The Bertz CT molecular complexity index is 555. The van der Waals surface area contributed by atoms with E-state index in [1.54, 1.807) is 11.3 Å². The number of rotatable bonds is 1. The summed E-state index contributed by atoms with van der Waals surface area (Å²) in [5, 5.41) is 3.84. The molecule has 112 valence electrons. The molecule has 2 unspecified atom stereocenters. The lowest BCUT2D eigenvalue weighted by Crippen LogP contribution is -2.46. The van der Waals surface area contributed by atoms with Gasteiger partial charge in [-0.15, -0.1) is 11.3 Å². The molecule has 1 N–H and O–H groups in total. The molecule has 0 saturated carbocycles. The lowest BCUT2D eigenvalue weighted by atomic mass is 9.99. The first kappa shape index (κ1) is 13.3. The molecule has 2 fully saturated rings. The van der Waals surface area contributed by atoms with Gasteiger partial charge in [0.15, 0.2) is 5.13 Å². The SMILES string of the molecule is C=C1CC2CCC(C1)N2C(=O)Nc1nc2c(s1)CCCC2. The molecule has 2 amide bonds. The van der Waals surface area contributed by atoms with E-state index in [2.05, 4.69) is 21.8 Å². The first-order valence-corrected chi connectivity index (χ1v) is 8.77. The quantitative estimate of drug-likeness (QED) is 0.803. The highest BCUT2D eigenvalue weighted by Crippen LogP contribution is 2.38. The number of carbonyl (C=O) groups excluding carboxylic acids is 1. The number of carbonyl (C=O) groups is 1. The highest BCUT2D eigenvalue weighted by molar-refractivity contribution is 7.15. The molecule has 2 saturated heterocycles. The maximum atomic E-state index is 12.6. The summed E-state index contributed by atoms with van der Waals surface area (Å²) in [6.07, 6.45) is 8.84. The molecule has 0 spiro atoms. The first-order chi connectivity index (χ1) is 10.2. The van der Waals surface area contributed by atoms with Crippen molar-refractivity contribution in [2.24, 2.45) is 0 Å². The zero-order chi connectivity index (χ0) is 14.4. The van der Waals surface area contributed by atoms with E-state index >= 15 is 0 Å². The van der Waals surface area contributed by atoms with Gasteiger partial charge in [0.1, 0.15) is 0 Å². The van der Waals surface area contributed by atoms with Gasteiger partial charge in [0.25, 0.3) is 0 Å². The summed E-state index contributed by atoms with van der Waals surface area (Å²) >= 11 is 1.66. The second kappa shape index (κ2) is 5.13. The number of nitrogens with zero attached hydrogens (tertiary/aromatic N) is 2. The number of hydrogen-bond donors (Lipinski definition) is 1. The molecule has 0 aromatic carbocycles. The Morgan fingerprint density at radius 2 is 1.95 bits per heavy atom. The van der Waals surface area contributed by atoms with Gasteiger partial charge in [-0.3, -0.25) is 5.32 Å². The Morgan fingerprint density at radius 3 is 2.67 bits per heavy atom. The number of fused-ring (bicyclic) bond motifs is 3. The summed E-state index contributed by atoms with van der Waals surface area (Å²) in [7, 11) is 0. The van der Waals surface area contributed by atoms with Crippen LogP contribution in [0, 0.1) is 0 Å². The van der Waals surface area contributed by atoms with Gasteiger partial charge in [0, 0.05) is 17.0 Å². The molecule has 2 atom stereocenters. The van der Waals surface area contributed by atoms with Gasteiger partial charge >= 0.3 is 6.03 Å². The Balaban J connectivity index is 1.48. The van der Waals surface area contributed by atoms with Crippen LogP contribution in [0.5, 0.6) is 0 Å². The first-order valence-electron chi connectivity index (χ1n) is 7.95. The zero-order valence-corrected chi connectivity index (χ0v) is 13.0. The summed E-state index contributed by atoms with van der Waals surface area (Å²) in [6, 6.07) is 0.748. The summed E-state index contributed by atoms with van der Waals surface area (Å²) in [4.78, 5) is 20.6. The number of nitrogens with one attached hydrogen (secondary N) is 1. The zero-order valence-electron chi connectivity index (χ0n) is 12.2. The topological polar surface area (TPSA) is 45.2 Å². The molecule has 5 heteroatoms. The Morgan fingerprint density at radius 1 is 1.24 bits per heavy atom. The number of aromatic nitrogens is 1. The summed E-state index contributed by atoms with van der Waals surface area (Å²) in [6.45, 7) is 4.11. The fourth-order valence-corrected chi connectivity index (χ4v) is 5.04.